The van der Waals surface area contributed by atoms with E-state index in [-0.39, 0.29) is 5.75 Å². The summed E-state index contributed by atoms with van der Waals surface area (Å²) in [4.78, 5) is 0. The summed E-state index contributed by atoms with van der Waals surface area (Å²) in [5, 5.41) is 3.23. The van der Waals surface area contributed by atoms with E-state index in [1.165, 1.54) is 6.26 Å². The van der Waals surface area contributed by atoms with Crippen LogP contribution in [0.25, 0.3) is 0 Å². The molecule has 1 N–H and O–H groups in total. The fraction of sp³-hybridized carbons (Fsp3) is 0.455. The lowest BCUT2D eigenvalue weighted by Gasteiger charge is -2.09. The largest absolute Gasteiger partial charge is 0.385 e. The van der Waals surface area contributed by atoms with Crippen molar-refractivity contribution in [2.45, 2.75) is 13.3 Å². The standard InChI is InChI=1S/C11H16BrNO2S/c1-9-4-5-10(12)8-11(9)13-6-3-7-16(2,14)15/h4-5,8,13H,3,6-7H2,1-2H3. The maximum atomic E-state index is 10.9. The molecule has 90 valence electrons. The second-order valence-corrected chi connectivity index (χ2v) is 7.04. The molecule has 0 fully saturated rings. The molecule has 3 nitrogen and oxygen atoms in total. The van der Waals surface area contributed by atoms with Gasteiger partial charge in [-0.15, -0.1) is 0 Å². The van der Waals surface area contributed by atoms with E-state index in [2.05, 4.69) is 21.2 Å². The van der Waals surface area contributed by atoms with Crippen LogP contribution in [0.2, 0.25) is 0 Å². The first-order valence-electron chi connectivity index (χ1n) is 5.06. The summed E-state index contributed by atoms with van der Waals surface area (Å²) in [6, 6.07) is 6.00. The van der Waals surface area contributed by atoms with Crippen molar-refractivity contribution in [2.24, 2.45) is 0 Å². The molecule has 0 aliphatic carbocycles. The predicted octanol–water partition coefficient (Wildman–Crippen LogP) is 2.60. The van der Waals surface area contributed by atoms with Crippen molar-refractivity contribution in [3.63, 3.8) is 0 Å². The highest BCUT2D eigenvalue weighted by Crippen LogP contribution is 2.20. The van der Waals surface area contributed by atoms with Crippen LogP contribution < -0.4 is 5.32 Å². The zero-order valence-corrected chi connectivity index (χ0v) is 11.9. The molecule has 0 amide bonds. The average molecular weight is 306 g/mol. The van der Waals surface area contributed by atoms with Crippen molar-refractivity contribution in [1.29, 1.82) is 0 Å². The van der Waals surface area contributed by atoms with Gasteiger partial charge in [0.05, 0.1) is 5.75 Å². The van der Waals surface area contributed by atoms with Crippen LogP contribution in [0.4, 0.5) is 5.69 Å². The molecule has 0 unspecified atom stereocenters. The Morgan fingerprint density at radius 3 is 2.69 bits per heavy atom. The van der Waals surface area contributed by atoms with Crippen molar-refractivity contribution >= 4 is 31.5 Å². The highest BCUT2D eigenvalue weighted by Gasteiger charge is 2.02. The summed E-state index contributed by atoms with van der Waals surface area (Å²) in [5.74, 6) is 0.229. The minimum Gasteiger partial charge on any atom is -0.385 e. The molecule has 0 bridgehead atoms. The van der Waals surface area contributed by atoms with Gasteiger partial charge in [0.15, 0.2) is 0 Å². The zero-order valence-electron chi connectivity index (χ0n) is 9.46. The van der Waals surface area contributed by atoms with E-state index in [0.29, 0.717) is 13.0 Å². The minimum atomic E-state index is -2.85. The Balaban J connectivity index is 2.46. The molecule has 0 saturated heterocycles. The topological polar surface area (TPSA) is 46.2 Å². The van der Waals surface area contributed by atoms with Gasteiger partial charge in [0.25, 0.3) is 0 Å². The van der Waals surface area contributed by atoms with Gasteiger partial charge in [-0.05, 0) is 31.0 Å². The third-order valence-electron chi connectivity index (χ3n) is 2.21. The van der Waals surface area contributed by atoms with Gasteiger partial charge >= 0.3 is 0 Å². The normalized spacial score (nSPS) is 11.4. The Kier molecular flexibility index (Phi) is 4.80. The summed E-state index contributed by atoms with van der Waals surface area (Å²) < 4.78 is 22.9. The summed E-state index contributed by atoms with van der Waals surface area (Å²) >= 11 is 3.40. The van der Waals surface area contributed by atoms with Crippen LogP contribution in [-0.4, -0.2) is 27.0 Å². The Morgan fingerprint density at radius 2 is 2.06 bits per heavy atom. The van der Waals surface area contributed by atoms with Crippen LogP contribution in [0.1, 0.15) is 12.0 Å². The van der Waals surface area contributed by atoms with Gasteiger partial charge in [-0.2, -0.15) is 0 Å². The van der Waals surface area contributed by atoms with E-state index in [9.17, 15) is 8.42 Å². The molecule has 1 aromatic carbocycles. The summed E-state index contributed by atoms with van der Waals surface area (Å²) in [7, 11) is -2.85. The number of halogens is 1. The van der Waals surface area contributed by atoms with Gasteiger partial charge in [-0.25, -0.2) is 8.42 Å². The first-order chi connectivity index (χ1) is 7.38. The number of hydrogen-bond donors (Lipinski definition) is 1. The van der Waals surface area contributed by atoms with Crippen LogP contribution in [0.5, 0.6) is 0 Å². The lowest BCUT2D eigenvalue weighted by molar-refractivity contribution is 0.600. The summed E-state index contributed by atoms with van der Waals surface area (Å²) in [5.41, 5.74) is 2.20. The van der Waals surface area contributed by atoms with Crippen LogP contribution in [0.3, 0.4) is 0 Å². The lowest BCUT2D eigenvalue weighted by atomic mass is 10.2. The van der Waals surface area contributed by atoms with Crippen molar-refractivity contribution in [2.75, 3.05) is 23.9 Å². The first kappa shape index (κ1) is 13.5. The molecule has 0 radical (unpaired) electrons. The van der Waals surface area contributed by atoms with Crippen molar-refractivity contribution < 1.29 is 8.42 Å². The molecular weight excluding hydrogens is 290 g/mol. The van der Waals surface area contributed by atoms with Crippen molar-refractivity contribution in [3.05, 3.63) is 28.2 Å². The van der Waals surface area contributed by atoms with E-state index in [1.807, 2.05) is 25.1 Å². The third-order valence-corrected chi connectivity index (χ3v) is 3.73. The van der Waals surface area contributed by atoms with E-state index >= 15 is 0 Å². The number of benzene rings is 1. The molecule has 16 heavy (non-hydrogen) atoms. The molecular formula is C11H16BrNO2S. The number of anilines is 1. The summed E-state index contributed by atoms with van der Waals surface area (Å²) in [6.07, 6.45) is 1.89. The summed E-state index contributed by atoms with van der Waals surface area (Å²) in [6.45, 7) is 2.69. The van der Waals surface area contributed by atoms with Gasteiger partial charge in [0, 0.05) is 23.0 Å². The molecule has 0 atom stereocenters. The van der Waals surface area contributed by atoms with E-state index in [1.54, 1.807) is 0 Å². The number of sulfone groups is 1. The molecule has 0 aromatic heterocycles. The molecule has 0 spiro atoms. The highest BCUT2D eigenvalue weighted by molar-refractivity contribution is 9.10. The molecule has 0 heterocycles. The quantitative estimate of drug-likeness (QED) is 0.851. The van der Waals surface area contributed by atoms with Crippen LogP contribution in [0, 0.1) is 6.92 Å². The Bertz CT molecular complexity index is 457. The Labute approximate surface area is 105 Å². The first-order valence-corrected chi connectivity index (χ1v) is 7.91. The molecule has 1 aromatic rings. The number of rotatable bonds is 5. The van der Waals surface area contributed by atoms with Gasteiger partial charge in [-0.1, -0.05) is 22.0 Å². The monoisotopic (exact) mass is 305 g/mol. The van der Waals surface area contributed by atoms with E-state index in [4.69, 9.17) is 0 Å². The number of aryl methyl sites for hydroxylation is 1. The Morgan fingerprint density at radius 1 is 1.38 bits per heavy atom. The number of hydrogen-bond acceptors (Lipinski definition) is 3. The van der Waals surface area contributed by atoms with Crippen LogP contribution in [0.15, 0.2) is 22.7 Å². The van der Waals surface area contributed by atoms with Crippen LogP contribution >= 0.6 is 15.9 Å². The molecule has 0 saturated carbocycles. The van der Waals surface area contributed by atoms with Gasteiger partial charge < -0.3 is 5.32 Å². The molecule has 0 aliphatic heterocycles. The second kappa shape index (κ2) is 5.68. The van der Waals surface area contributed by atoms with Crippen molar-refractivity contribution in [1.82, 2.24) is 0 Å². The smallest absolute Gasteiger partial charge is 0.147 e. The zero-order chi connectivity index (χ0) is 12.2. The highest BCUT2D eigenvalue weighted by atomic mass is 79.9. The van der Waals surface area contributed by atoms with Crippen molar-refractivity contribution in [3.8, 4) is 0 Å². The molecule has 1 rings (SSSR count). The second-order valence-electron chi connectivity index (χ2n) is 3.87. The fourth-order valence-electron chi connectivity index (χ4n) is 1.34. The molecule has 0 aliphatic rings. The third kappa shape index (κ3) is 4.99. The maximum absolute atomic E-state index is 10.9. The van der Waals surface area contributed by atoms with E-state index in [0.717, 1.165) is 15.7 Å². The minimum absolute atomic E-state index is 0.229. The van der Waals surface area contributed by atoms with Gasteiger partial charge in [0.2, 0.25) is 0 Å². The maximum Gasteiger partial charge on any atom is 0.147 e. The van der Waals surface area contributed by atoms with E-state index < -0.39 is 9.84 Å². The van der Waals surface area contributed by atoms with Crippen LogP contribution in [-0.2, 0) is 9.84 Å². The average Bonchev–Trinajstić information content (AvgIpc) is 2.16. The number of nitrogens with one attached hydrogen (secondary N) is 1. The SMILES string of the molecule is Cc1ccc(Br)cc1NCCCS(C)(=O)=O. The fourth-order valence-corrected chi connectivity index (χ4v) is 2.37. The van der Waals surface area contributed by atoms with Gasteiger partial charge in [-0.3, -0.25) is 0 Å². The Hall–Kier alpha value is -0.550. The molecule has 5 heteroatoms. The van der Waals surface area contributed by atoms with Gasteiger partial charge in [0.1, 0.15) is 9.84 Å². The predicted molar refractivity (Wildman–Crippen MR) is 71.7 cm³/mol. The lowest BCUT2D eigenvalue weighted by Crippen LogP contribution is -2.10.